The quantitative estimate of drug-likeness (QED) is 0.803. The van der Waals surface area contributed by atoms with Gasteiger partial charge >= 0.3 is 0 Å². The molecule has 2 atom stereocenters. The van der Waals surface area contributed by atoms with E-state index >= 15 is 0 Å². The fourth-order valence-electron chi connectivity index (χ4n) is 2.85. The molecule has 2 unspecified atom stereocenters. The summed E-state index contributed by atoms with van der Waals surface area (Å²) in [6, 6.07) is 8.84. The smallest absolute Gasteiger partial charge is 0.0110 e. The van der Waals surface area contributed by atoms with Crippen LogP contribution in [-0.2, 0) is 5.41 Å². The summed E-state index contributed by atoms with van der Waals surface area (Å²) >= 11 is 0. The summed E-state index contributed by atoms with van der Waals surface area (Å²) in [7, 11) is 0. The Hall–Kier alpha value is -0.820. The lowest BCUT2D eigenvalue weighted by Crippen LogP contribution is -2.24. The maximum Gasteiger partial charge on any atom is 0.0110 e. The van der Waals surface area contributed by atoms with Crippen molar-refractivity contribution in [2.45, 2.75) is 32.6 Å². The molecule has 0 saturated heterocycles. The van der Waals surface area contributed by atoms with E-state index in [9.17, 15) is 0 Å². The first-order chi connectivity index (χ1) is 7.10. The average molecular weight is 203 g/mol. The third kappa shape index (κ3) is 1.69. The second-order valence-electron chi connectivity index (χ2n) is 5.28. The normalized spacial score (nSPS) is 29.5. The summed E-state index contributed by atoms with van der Waals surface area (Å²) in [5, 5.41) is 0. The van der Waals surface area contributed by atoms with E-state index in [0.717, 1.165) is 18.4 Å². The number of nitrogens with two attached hydrogens (primary N) is 1. The Morgan fingerprint density at radius 3 is 2.67 bits per heavy atom. The molecule has 1 aliphatic carbocycles. The van der Waals surface area contributed by atoms with Gasteiger partial charge in [-0.15, -0.1) is 0 Å². The fraction of sp³-hybridized carbons (Fsp3) is 0.571. The van der Waals surface area contributed by atoms with Crippen molar-refractivity contribution in [1.29, 1.82) is 0 Å². The van der Waals surface area contributed by atoms with Crippen LogP contribution in [0.15, 0.2) is 24.3 Å². The molecular formula is C14H21N. The molecule has 0 amide bonds. The van der Waals surface area contributed by atoms with Crippen molar-refractivity contribution in [2.24, 2.45) is 17.6 Å². The van der Waals surface area contributed by atoms with E-state index in [1.54, 1.807) is 0 Å². The van der Waals surface area contributed by atoms with E-state index in [-0.39, 0.29) is 0 Å². The van der Waals surface area contributed by atoms with Crippen molar-refractivity contribution in [2.75, 3.05) is 6.54 Å². The van der Waals surface area contributed by atoms with Crippen LogP contribution in [0.2, 0.25) is 0 Å². The molecule has 2 N–H and O–H groups in total. The highest BCUT2D eigenvalue weighted by Gasteiger charge is 2.55. The molecule has 1 nitrogen and oxygen atoms in total. The molecule has 2 rings (SSSR count). The molecule has 1 aliphatic rings. The van der Waals surface area contributed by atoms with Crippen molar-refractivity contribution >= 4 is 0 Å². The molecule has 0 bridgehead atoms. The van der Waals surface area contributed by atoms with Gasteiger partial charge in [0.05, 0.1) is 0 Å². The van der Waals surface area contributed by atoms with Crippen molar-refractivity contribution in [3.8, 4) is 0 Å². The van der Waals surface area contributed by atoms with E-state index in [2.05, 4.69) is 45.0 Å². The van der Waals surface area contributed by atoms with Crippen LogP contribution in [0.1, 0.15) is 31.4 Å². The largest absolute Gasteiger partial charge is 0.330 e. The zero-order valence-electron chi connectivity index (χ0n) is 9.96. The highest BCUT2D eigenvalue weighted by atomic mass is 14.7. The molecule has 1 heteroatoms. The fourth-order valence-corrected chi connectivity index (χ4v) is 2.85. The molecule has 1 aromatic carbocycles. The number of hydrogen-bond donors (Lipinski definition) is 1. The van der Waals surface area contributed by atoms with Crippen LogP contribution in [-0.4, -0.2) is 6.54 Å². The minimum atomic E-state index is 0.292. The molecular weight excluding hydrogens is 182 g/mol. The topological polar surface area (TPSA) is 26.0 Å². The molecule has 1 fully saturated rings. The van der Waals surface area contributed by atoms with Gasteiger partial charge in [-0.1, -0.05) is 43.7 Å². The summed E-state index contributed by atoms with van der Waals surface area (Å²) < 4.78 is 0. The molecule has 1 saturated carbocycles. The Morgan fingerprint density at radius 1 is 1.47 bits per heavy atom. The Bertz CT molecular complexity index is 356. The molecule has 0 aromatic heterocycles. The Morgan fingerprint density at radius 2 is 2.20 bits per heavy atom. The Labute approximate surface area is 92.7 Å². The average Bonchev–Trinajstić information content (AvgIpc) is 2.93. The minimum Gasteiger partial charge on any atom is -0.330 e. The lowest BCUT2D eigenvalue weighted by atomic mass is 9.89. The Kier molecular flexibility index (Phi) is 2.59. The standard InChI is InChI=1S/C14H21N/c1-10(2)13-8-14(13,9-15)12-6-4-5-11(3)7-12/h4-7,10,13H,8-9,15H2,1-3H3. The van der Waals surface area contributed by atoms with Crippen LogP contribution >= 0.6 is 0 Å². The zero-order chi connectivity index (χ0) is 11.1. The zero-order valence-corrected chi connectivity index (χ0v) is 9.96. The third-order valence-corrected chi connectivity index (χ3v) is 3.90. The second-order valence-corrected chi connectivity index (χ2v) is 5.28. The molecule has 15 heavy (non-hydrogen) atoms. The van der Waals surface area contributed by atoms with Crippen LogP contribution in [0.5, 0.6) is 0 Å². The molecule has 0 radical (unpaired) electrons. The molecule has 1 aromatic rings. The maximum atomic E-state index is 5.98. The van der Waals surface area contributed by atoms with E-state index in [4.69, 9.17) is 5.73 Å². The summed E-state index contributed by atoms with van der Waals surface area (Å²) in [6.45, 7) is 7.55. The van der Waals surface area contributed by atoms with Crippen LogP contribution < -0.4 is 5.73 Å². The van der Waals surface area contributed by atoms with E-state index < -0.39 is 0 Å². The minimum absolute atomic E-state index is 0.292. The lowest BCUT2D eigenvalue weighted by molar-refractivity contribution is 0.483. The van der Waals surface area contributed by atoms with E-state index in [0.29, 0.717) is 5.41 Å². The predicted octanol–water partition coefficient (Wildman–Crippen LogP) is 2.87. The summed E-state index contributed by atoms with van der Waals surface area (Å²) in [6.07, 6.45) is 1.27. The maximum absolute atomic E-state index is 5.98. The van der Waals surface area contributed by atoms with Crippen molar-refractivity contribution < 1.29 is 0 Å². The first-order valence-electron chi connectivity index (χ1n) is 5.87. The van der Waals surface area contributed by atoms with Gasteiger partial charge < -0.3 is 5.73 Å². The summed E-state index contributed by atoms with van der Waals surface area (Å²) in [4.78, 5) is 0. The van der Waals surface area contributed by atoms with Crippen molar-refractivity contribution in [3.63, 3.8) is 0 Å². The van der Waals surface area contributed by atoms with Gasteiger partial charge in [-0.25, -0.2) is 0 Å². The predicted molar refractivity (Wildman–Crippen MR) is 64.9 cm³/mol. The first-order valence-corrected chi connectivity index (χ1v) is 5.87. The van der Waals surface area contributed by atoms with Gasteiger partial charge in [-0.05, 0) is 30.7 Å². The van der Waals surface area contributed by atoms with Crippen LogP contribution in [0.4, 0.5) is 0 Å². The van der Waals surface area contributed by atoms with Crippen molar-refractivity contribution in [1.82, 2.24) is 0 Å². The summed E-state index contributed by atoms with van der Waals surface area (Å²) in [5.74, 6) is 1.53. The van der Waals surface area contributed by atoms with Gasteiger partial charge in [0, 0.05) is 12.0 Å². The second kappa shape index (κ2) is 3.64. The van der Waals surface area contributed by atoms with Gasteiger partial charge in [0.25, 0.3) is 0 Å². The number of benzene rings is 1. The SMILES string of the molecule is Cc1cccc(C2(CN)CC2C(C)C)c1. The van der Waals surface area contributed by atoms with Gasteiger partial charge in [0.15, 0.2) is 0 Å². The van der Waals surface area contributed by atoms with E-state index in [1.807, 2.05) is 0 Å². The molecule has 0 heterocycles. The van der Waals surface area contributed by atoms with Gasteiger partial charge in [-0.2, -0.15) is 0 Å². The molecule has 82 valence electrons. The van der Waals surface area contributed by atoms with E-state index in [1.165, 1.54) is 17.5 Å². The van der Waals surface area contributed by atoms with Gasteiger partial charge in [0.1, 0.15) is 0 Å². The number of rotatable bonds is 3. The summed E-state index contributed by atoms with van der Waals surface area (Å²) in [5.41, 5.74) is 9.06. The van der Waals surface area contributed by atoms with Crippen molar-refractivity contribution in [3.05, 3.63) is 35.4 Å². The van der Waals surface area contributed by atoms with Gasteiger partial charge in [0.2, 0.25) is 0 Å². The monoisotopic (exact) mass is 203 g/mol. The molecule has 0 aliphatic heterocycles. The Balaban J connectivity index is 2.30. The first kappa shape index (κ1) is 10.7. The lowest BCUT2D eigenvalue weighted by Gasteiger charge is -2.18. The number of hydrogen-bond acceptors (Lipinski definition) is 1. The van der Waals surface area contributed by atoms with Crippen LogP contribution in [0.3, 0.4) is 0 Å². The number of aryl methyl sites for hydroxylation is 1. The highest BCUT2D eigenvalue weighted by Crippen LogP contribution is 2.57. The van der Waals surface area contributed by atoms with Crippen LogP contribution in [0, 0.1) is 18.8 Å². The van der Waals surface area contributed by atoms with Crippen LogP contribution in [0.25, 0.3) is 0 Å². The third-order valence-electron chi connectivity index (χ3n) is 3.90. The molecule has 0 spiro atoms. The highest BCUT2D eigenvalue weighted by molar-refractivity contribution is 5.37. The van der Waals surface area contributed by atoms with Gasteiger partial charge in [-0.3, -0.25) is 0 Å².